The molecule has 0 unspecified atom stereocenters. The molecule has 6 heteroatoms. The smallest absolute Gasteiger partial charge is 0.0916 e. The van der Waals surface area contributed by atoms with Crippen molar-refractivity contribution in [3.8, 4) is 0 Å². The average Bonchev–Trinajstić information content (AvgIpc) is 1.92. The van der Waals surface area contributed by atoms with E-state index >= 15 is 0 Å². The summed E-state index contributed by atoms with van der Waals surface area (Å²) >= 11 is 6.04. The molecule has 0 radical (unpaired) electrons. The molecule has 1 aromatic rings. The second-order valence-electron chi connectivity index (χ2n) is 2.09. The van der Waals surface area contributed by atoms with E-state index in [9.17, 15) is 14.7 Å². The molecular formula is C6H3Br2O3P-2. The summed E-state index contributed by atoms with van der Waals surface area (Å²) in [6.45, 7) is 0. The lowest BCUT2D eigenvalue weighted by Crippen LogP contribution is -2.41. The average molecular weight is 314 g/mol. The topological polar surface area (TPSA) is 69.2 Å². The Kier molecular flexibility index (Phi) is 3.26. The van der Waals surface area contributed by atoms with Crippen LogP contribution in [0.1, 0.15) is 0 Å². The van der Waals surface area contributed by atoms with Crippen molar-refractivity contribution in [3.63, 3.8) is 0 Å². The fourth-order valence-electron chi connectivity index (χ4n) is 0.696. The van der Waals surface area contributed by atoms with Crippen molar-refractivity contribution in [1.82, 2.24) is 0 Å². The third-order valence-electron chi connectivity index (χ3n) is 1.20. The summed E-state index contributed by atoms with van der Waals surface area (Å²) in [5.41, 5.74) is 0. The summed E-state index contributed by atoms with van der Waals surface area (Å²) in [6, 6.07) is 4.41. The monoisotopic (exact) mass is 312 g/mol. The van der Waals surface area contributed by atoms with Gasteiger partial charge in [0.2, 0.25) is 0 Å². The van der Waals surface area contributed by atoms with Gasteiger partial charge in [0.15, 0.2) is 0 Å². The normalized spacial score (nSPS) is 11.8. The van der Waals surface area contributed by atoms with Crippen LogP contribution in [0.2, 0.25) is 0 Å². The fraction of sp³-hybridized carbons (Fsp3) is 0. The third-order valence-corrected chi connectivity index (χ3v) is 3.65. The van der Waals surface area contributed by atoms with Crippen LogP contribution in [0, 0.1) is 0 Å². The number of rotatable bonds is 1. The first kappa shape index (κ1) is 10.6. The van der Waals surface area contributed by atoms with Crippen LogP contribution in [0.25, 0.3) is 0 Å². The van der Waals surface area contributed by atoms with Gasteiger partial charge in [0.25, 0.3) is 0 Å². The van der Waals surface area contributed by atoms with E-state index in [4.69, 9.17) is 0 Å². The predicted octanol–water partition coefficient (Wildman–Crippen LogP) is -0.320. The van der Waals surface area contributed by atoms with Crippen molar-refractivity contribution >= 4 is 45.1 Å². The second kappa shape index (κ2) is 3.70. The Balaban J connectivity index is 3.23. The van der Waals surface area contributed by atoms with Crippen LogP contribution < -0.4 is 20.0 Å². The van der Waals surface area contributed by atoms with Crippen LogP contribution in [0.5, 0.6) is 0 Å². The van der Waals surface area contributed by atoms with E-state index < -0.39 is 7.94 Å². The van der Waals surface area contributed by atoms with Gasteiger partial charge in [-0.2, -0.15) is 0 Å². The molecule has 0 saturated carbocycles. The van der Waals surface area contributed by atoms with Gasteiger partial charge in [0.05, 0.1) is 9.78 Å². The van der Waals surface area contributed by atoms with Crippen LogP contribution in [-0.2, 0) is 0 Å². The highest BCUT2D eigenvalue weighted by Gasteiger charge is 2.08. The van der Waals surface area contributed by atoms with Crippen molar-refractivity contribution in [2.75, 3.05) is 0 Å². The van der Waals surface area contributed by atoms with E-state index in [-0.39, 0.29) is 5.30 Å². The number of benzene rings is 1. The predicted molar refractivity (Wildman–Crippen MR) is 48.4 cm³/mol. The highest BCUT2D eigenvalue weighted by atomic mass is 79.9. The molecule has 1 rings (SSSR count). The summed E-state index contributed by atoms with van der Waals surface area (Å²) in [5, 5.41) is -0.225. The minimum atomic E-state index is -4.66. The molecule has 66 valence electrons. The molecule has 0 amide bonds. The molecule has 0 aromatic heterocycles. The number of halogens is 2. The fourth-order valence-corrected chi connectivity index (χ4v) is 2.77. The molecule has 12 heavy (non-hydrogen) atoms. The Labute approximate surface area is 86.9 Å². The zero-order valence-corrected chi connectivity index (χ0v) is 9.73. The van der Waals surface area contributed by atoms with E-state index in [0.29, 0.717) is 8.95 Å². The molecule has 0 spiro atoms. The molecule has 0 aliphatic heterocycles. The number of hydrogen-bond donors (Lipinski definition) is 0. The van der Waals surface area contributed by atoms with Gasteiger partial charge in [-0.25, -0.2) is 0 Å². The lowest BCUT2D eigenvalue weighted by Gasteiger charge is -2.42. The van der Waals surface area contributed by atoms with Gasteiger partial charge in [-0.1, -0.05) is 15.9 Å². The van der Waals surface area contributed by atoms with Gasteiger partial charge in [0.1, 0.15) is 0 Å². The molecule has 0 fully saturated rings. The molecule has 0 bridgehead atoms. The first-order valence-electron chi connectivity index (χ1n) is 2.89. The first-order chi connectivity index (χ1) is 5.41. The Morgan fingerprint density at radius 1 is 1.08 bits per heavy atom. The minimum absolute atomic E-state index is 0.225. The molecule has 0 aliphatic carbocycles. The van der Waals surface area contributed by atoms with Crippen molar-refractivity contribution in [3.05, 3.63) is 27.1 Å². The van der Waals surface area contributed by atoms with Crippen molar-refractivity contribution in [1.29, 1.82) is 0 Å². The quantitative estimate of drug-likeness (QED) is 0.667. The summed E-state index contributed by atoms with van der Waals surface area (Å²) in [5.74, 6) is 0. The SMILES string of the molecule is [O-][P+]([O-])([O-])c1cc(Br)ccc1Br. The molecule has 0 saturated heterocycles. The van der Waals surface area contributed by atoms with E-state index in [0.717, 1.165) is 0 Å². The Hall–Kier alpha value is 0.490. The Morgan fingerprint density at radius 2 is 1.67 bits per heavy atom. The lowest BCUT2D eigenvalue weighted by atomic mass is 10.4. The molecular weight excluding hydrogens is 311 g/mol. The van der Waals surface area contributed by atoms with Crippen molar-refractivity contribution < 1.29 is 14.7 Å². The molecule has 0 aliphatic rings. The van der Waals surface area contributed by atoms with Gasteiger partial charge in [-0.15, -0.1) is 7.94 Å². The van der Waals surface area contributed by atoms with E-state index in [2.05, 4.69) is 31.9 Å². The van der Waals surface area contributed by atoms with Crippen LogP contribution in [-0.4, -0.2) is 0 Å². The summed E-state index contributed by atoms with van der Waals surface area (Å²) < 4.78 is 0.853. The van der Waals surface area contributed by atoms with Crippen LogP contribution in [0.3, 0.4) is 0 Å². The maximum atomic E-state index is 10.6. The highest BCUT2D eigenvalue weighted by molar-refractivity contribution is 9.11. The van der Waals surface area contributed by atoms with E-state index in [1.165, 1.54) is 12.1 Å². The largest absolute Gasteiger partial charge is 0.683 e. The van der Waals surface area contributed by atoms with Gasteiger partial charge >= 0.3 is 0 Å². The van der Waals surface area contributed by atoms with Crippen molar-refractivity contribution in [2.24, 2.45) is 0 Å². The second-order valence-corrected chi connectivity index (χ2v) is 5.34. The first-order valence-corrected chi connectivity index (χ1v) is 6.02. The molecule has 0 heterocycles. The maximum Gasteiger partial charge on any atom is 0.0916 e. The summed E-state index contributed by atoms with van der Waals surface area (Å²) in [6.07, 6.45) is 0. The van der Waals surface area contributed by atoms with Gasteiger partial charge < -0.3 is 14.7 Å². The third kappa shape index (κ3) is 2.49. The molecule has 0 atom stereocenters. The van der Waals surface area contributed by atoms with Crippen molar-refractivity contribution in [2.45, 2.75) is 0 Å². The lowest BCUT2D eigenvalue weighted by molar-refractivity contribution is -0.421. The standard InChI is InChI=1S/C6H5Br2O3P/c7-4-1-2-5(8)6(3-4)12(9,10)11/h1-3H,(H2,9,10,11)/p-2. The van der Waals surface area contributed by atoms with Gasteiger partial charge in [-0.3, -0.25) is 0 Å². The van der Waals surface area contributed by atoms with Gasteiger partial charge in [0, 0.05) is 4.47 Å². The maximum absolute atomic E-state index is 10.6. The summed E-state index contributed by atoms with van der Waals surface area (Å²) in [7, 11) is -4.66. The highest BCUT2D eigenvalue weighted by Crippen LogP contribution is 2.32. The summed E-state index contributed by atoms with van der Waals surface area (Å²) in [4.78, 5) is 31.9. The minimum Gasteiger partial charge on any atom is -0.683 e. The van der Waals surface area contributed by atoms with Crippen LogP contribution in [0.15, 0.2) is 27.1 Å². The van der Waals surface area contributed by atoms with Gasteiger partial charge in [-0.05, 0) is 34.1 Å². The zero-order valence-electron chi connectivity index (χ0n) is 5.66. The van der Waals surface area contributed by atoms with Crippen LogP contribution in [0.4, 0.5) is 0 Å². The number of hydrogen-bond acceptors (Lipinski definition) is 3. The van der Waals surface area contributed by atoms with E-state index in [1.807, 2.05) is 0 Å². The molecule has 3 nitrogen and oxygen atoms in total. The Morgan fingerprint density at radius 3 is 2.08 bits per heavy atom. The van der Waals surface area contributed by atoms with Crippen LogP contribution >= 0.6 is 39.8 Å². The molecule has 0 N–H and O–H groups in total. The Bertz CT molecular complexity index is 297. The van der Waals surface area contributed by atoms with E-state index in [1.54, 1.807) is 6.07 Å². The molecule has 1 aromatic carbocycles. The zero-order chi connectivity index (χ0) is 9.35.